The number of rotatable bonds is 2. The van der Waals surface area contributed by atoms with E-state index < -0.39 is 0 Å². The van der Waals surface area contributed by atoms with Crippen LogP contribution in [0.2, 0.25) is 0 Å². The first-order valence-corrected chi connectivity index (χ1v) is 6.29. The Hall–Kier alpha value is -1.63. The highest BCUT2D eigenvalue weighted by Gasteiger charge is 2.11. The summed E-state index contributed by atoms with van der Waals surface area (Å²) in [5.41, 5.74) is 3.28. The van der Waals surface area contributed by atoms with E-state index in [0.29, 0.717) is 10.6 Å². The van der Waals surface area contributed by atoms with E-state index in [1.807, 2.05) is 17.7 Å². The van der Waals surface area contributed by atoms with Crippen LogP contribution < -0.4 is 0 Å². The van der Waals surface area contributed by atoms with Gasteiger partial charge in [0, 0.05) is 18.0 Å². The van der Waals surface area contributed by atoms with Crippen molar-refractivity contribution in [1.29, 1.82) is 5.26 Å². The van der Waals surface area contributed by atoms with E-state index in [9.17, 15) is 5.26 Å². The van der Waals surface area contributed by atoms with Crippen molar-refractivity contribution in [2.75, 3.05) is 0 Å². The molecule has 2 heterocycles. The summed E-state index contributed by atoms with van der Waals surface area (Å²) in [6.07, 6.45) is 3.30. The Morgan fingerprint density at radius 3 is 2.59 bits per heavy atom. The molecule has 2 nitrogen and oxygen atoms in total. The summed E-state index contributed by atoms with van der Waals surface area (Å²) in [6, 6.07) is 5.72. The summed E-state index contributed by atoms with van der Waals surface area (Å²) < 4.78 is 0. The molecule has 84 valence electrons. The Bertz CT molecular complexity index is 593. The number of aryl methyl sites for hydroxylation is 1. The third-order valence-corrected chi connectivity index (χ3v) is 3.65. The molecule has 0 aliphatic heterocycles. The first-order valence-electron chi connectivity index (χ1n) is 4.97. The van der Waals surface area contributed by atoms with Crippen LogP contribution in [0.1, 0.15) is 16.7 Å². The molecule has 2 aromatic heterocycles. The Kier molecular flexibility index (Phi) is 3.58. The molecule has 2 rings (SSSR count). The number of nitriles is 1. The van der Waals surface area contributed by atoms with Crippen molar-refractivity contribution in [1.82, 2.24) is 4.98 Å². The highest BCUT2D eigenvalue weighted by molar-refractivity contribution is 7.08. The van der Waals surface area contributed by atoms with E-state index in [1.54, 1.807) is 35.9 Å². The lowest BCUT2D eigenvalue weighted by atomic mass is 10.0. The van der Waals surface area contributed by atoms with Crippen LogP contribution in [-0.4, -0.2) is 4.98 Å². The molecule has 0 atom stereocenters. The van der Waals surface area contributed by atoms with Crippen molar-refractivity contribution in [2.45, 2.75) is 6.92 Å². The van der Waals surface area contributed by atoms with Gasteiger partial charge in [-0.25, -0.2) is 0 Å². The van der Waals surface area contributed by atoms with Crippen LogP contribution in [0.4, 0.5) is 0 Å². The van der Waals surface area contributed by atoms with Gasteiger partial charge in [-0.3, -0.25) is 4.98 Å². The van der Waals surface area contributed by atoms with E-state index in [1.165, 1.54) is 0 Å². The van der Waals surface area contributed by atoms with Crippen LogP contribution in [0, 0.1) is 18.3 Å². The second-order valence-corrected chi connectivity index (χ2v) is 4.63. The van der Waals surface area contributed by atoms with E-state index >= 15 is 0 Å². The second kappa shape index (κ2) is 5.13. The standard InChI is InChI=1S/C13H9ClN2S/c1-9-7-17-8-12(9)13(14)11(6-15)10-2-4-16-5-3-10/h2-5,7-8H,1H3/b13-11+. The number of halogens is 1. The lowest BCUT2D eigenvalue weighted by Crippen LogP contribution is -1.86. The van der Waals surface area contributed by atoms with E-state index in [2.05, 4.69) is 11.1 Å². The zero-order valence-corrected chi connectivity index (χ0v) is 10.7. The smallest absolute Gasteiger partial charge is 0.101 e. The van der Waals surface area contributed by atoms with Gasteiger partial charge in [-0.2, -0.15) is 16.6 Å². The maximum absolute atomic E-state index is 9.23. The molecule has 0 aliphatic carbocycles. The molecule has 0 unspecified atom stereocenters. The summed E-state index contributed by atoms with van der Waals surface area (Å²) in [6.45, 7) is 1.98. The van der Waals surface area contributed by atoms with Gasteiger partial charge in [-0.1, -0.05) is 11.6 Å². The third kappa shape index (κ3) is 2.38. The van der Waals surface area contributed by atoms with Gasteiger partial charge in [0.2, 0.25) is 0 Å². The molecular formula is C13H9ClN2S. The topological polar surface area (TPSA) is 36.7 Å². The normalized spacial score (nSPS) is 11.8. The highest BCUT2D eigenvalue weighted by Crippen LogP contribution is 2.32. The first kappa shape index (κ1) is 11.8. The minimum atomic E-state index is 0.482. The van der Waals surface area contributed by atoms with Crippen LogP contribution in [0.5, 0.6) is 0 Å². The fraction of sp³-hybridized carbons (Fsp3) is 0.0769. The summed E-state index contributed by atoms with van der Waals surface area (Å²) in [7, 11) is 0. The maximum atomic E-state index is 9.23. The predicted octanol–water partition coefficient (Wildman–Crippen LogP) is 4.08. The molecule has 17 heavy (non-hydrogen) atoms. The molecule has 0 aliphatic rings. The lowest BCUT2D eigenvalue weighted by Gasteiger charge is -2.03. The molecule has 0 N–H and O–H groups in total. The van der Waals surface area contributed by atoms with E-state index in [0.717, 1.165) is 16.7 Å². The summed E-state index contributed by atoms with van der Waals surface area (Å²) in [5.74, 6) is 0. The molecule has 0 amide bonds. The average Bonchev–Trinajstić information content (AvgIpc) is 2.77. The minimum Gasteiger partial charge on any atom is -0.265 e. The number of hydrogen-bond donors (Lipinski definition) is 0. The molecule has 0 radical (unpaired) electrons. The Balaban J connectivity index is 2.57. The predicted molar refractivity (Wildman–Crippen MR) is 71.6 cm³/mol. The number of allylic oxidation sites excluding steroid dienone is 1. The zero-order valence-electron chi connectivity index (χ0n) is 9.14. The summed E-state index contributed by atoms with van der Waals surface area (Å²) in [5, 5.41) is 13.7. The van der Waals surface area contributed by atoms with Gasteiger partial charge in [0.05, 0.1) is 10.6 Å². The fourth-order valence-electron chi connectivity index (χ4n) is 1.48. The van der Waals surface area contributed by atoms with E-state index in [4.69, 9.17) is 11.6 Å². The van der Waals surface area contributed by atoms with Gasteiger partial charge >= 0.3 is 0 Å². The van der Waals surface area contributed by atoms with Crippen LogP contribution in [0.3, 0.4) is 0 Å². The summed E-state index contributed by atoms with van der Waals surface area (Å²) >= 11 is 7.87. The molecule has 0 spiro atoms. The highest BCUT2D eigenvalue weighted by atomic mass is 35.5. The van der Waals surface area contributed by atoms with Crippen LogP contribution in [-0.2, 0) is 0 Å². The van der Waals surface area contributed by atoms with Gasteiger partial charge in [0.1, 0.15) is 6.07 Å². The van der Waals surface area contributed by atoms with Crippen LogP contribution in [0.15, 0.2) is 35.3 Å². The Labute approximate surface area is 109 Å². The van der Waals surface area contributed by atoms with Crippen LogP contribution in [0.25, 0.3) is 10.6 Å². The molecule has 4 heteroatoms. The van der Waals surface area contributed by atoms with Gasteiger partial charge in [0.25, 0.3) is 0 Å². The Morgan fingerprint density at radius 2 is 2.06 bits per heavy atom. The number of thiophene rings is 1. The molecule has 0 fully saturated rings. The van der Waals surface area contributed by atoms with E-state index in [-0.39, 0.29) is 0 Å². The van der Waals surface area contributed by atoms with Crippen molar-refractivity contribution in [3.63, 3.8) is 0 Å². The third-order valence-electron chi connectivity index (χ3n) is 2.39. The quantitative estimate of drug-likeness (QED) is 0.763. The number of hydrogen-bond acceptors (Lipinski definition) is 3. The lowest BCUT2D eigenvalue weighted by molar-refractivity contribution is 1.32. The number of pyridine rings is 1. The van der Waals surface area contributed by atoms with Gasteiger partial charge in [-0.05, 0) is 40.9 Å². The molecule has 0 bridgehead atoms. The zero-order chi connectivity index (χ0) is 12.3. The molecule has 0 saturated carbocycles. The average molecular weight is 261 g/mol. The van der Waals surface area contributed by atoms with Crippen molar-refractivity contribution in [3.8, 4) is 6.07 Å². The van der Waals surface area contributed by atoms with Crippen molar-refractivity contribution in [3.05, 3.63) is 52.0 Å². The molecule has 0 saturated heterocycles. The second-order valence-electron chi connectivity index (χ2n) is 3.51. The molecule has 2 aromatic rings. The minimum absolute atomic E-state index is 0.482. The fourth-order valence-corrected chi connectivity index (χ4v) is 2.74. The van der Waals surface area contributed by atoms with Gasteiger partial charge < -0.3 is 0 Å². The van der Waals surface area contributed by atoms with Crippen molar-refractivity contribution in [2.24, 2.45) is 0 Å². The number of aromatic nitrogens is 1. The van der Waals surface area contributed by atoms with Crippen molar-refractivity contribution >= 4 is 33.5 Å². The monoisotopic (exact) mass is 260 g/mol. The SMILES string of the molecule is Cc1cscc1/C(Cl)=C(/C#N)c1ccncc1. The Morgan fingerprint density at radius 1 is 1.35 bits per heavy atom. The first-order chi connectivity index (χ1) is 8.24. The molecule has 0 aromatic carbocycles. The van der Waals surface area contributed by atoms with Gasteiger partial charge in [-0.15, -0.1) is 0 Å². The number of nitrogens with zero attached hydrogens (tertiary/aromatic N) is 2. The van der Waals surface area contributed by atoms with Gasteiger partial charge in [0.15, 0.2) is 0 Å². The molecular weight excluding hydrogens is 252 g/mol. The maximum Gasteiger partial charge on any atom is 0.101 e. The van der Waals surface area contributed by atoms with Crippen LogP contribution >= 0.6 is 22.9 Å². The van der Waals surface area contributed by atoms with Crippen molar-refractivity contribution < 1.29 is 0 Å². The summed E-state index contributed by atoms with van der Waals surface area (Å²) in [4.78, 5) is 3.93. The largest absolute Gasteiger partial charge is 0.265 e.